The number of rotatable bonds is 4. The minimum Gasteiger partial charge on any atom is -0.340 e. The molecule has 2 aliphatic heterocycles. The third-order valence-electron chi connectivity index (χ3n) is 4.45. The Morgan fingerprint density at radius 1 is 1.48 bits per heavy atom. The van der Waals surface area contributed by atoms with Crippen LogP contribution in [0.15, 0.2) is 6.33 Å². The van der Waals surface area contributed by atoms with Gasteiger partial charge in [0.2, 0.25) is 11.8 Å². The minimum atomic E-state index is 0.0427. The molecule has 1 aromatic heterocycles. The summed E-state index contributed by atoms with van der Waals surface area (Å²) in [5.41, 5.74) is 0. The van der Waals surface area contributed by atoms with Crippen LogP contribution in [0.5, 0.6) is 0 Å². The molecule has 2 saturated heterocycles. The number of hydrogen-bond donors (Lipinski definition) is 0. The summed E-state index contributed by atoms with van der Waals surface area (Å²) in [6.45, 7) is 5.85. The van der Waals surface area contributed by atoms with Gasteiger partial charge in [-0.1, -0.05) is 0 Å². The number of nitrogens with zero attached hydrogens (tertiary/aromatic N) is 5. The number of hydrogen-bond acceptors (Lipinski definition) is 5. The van der Waals surface area contributed by atoms with Gasteiger partial charge in [0.05, 0.1) is 11.6 Å². The summed E-state index contributed by atoms with van der Waals surface area (Å²) in [7, 11) is 0. The van der Waals surface area contributed by atoms with Crippen LogP contribution in [-0.2, 0) is 9.59 Å². The van der Waals surface area contributed by atoms with Gasteiger partial charge < -0.3 is 14.4 Å². The largest absolute Gasteiger partial charge is 0.340 e. The van der Waals surface area contributed by atoms with Gasteiger partial charge in [-0.2, -0.15) is 0 Å². The predicted molar refractivity (Wildman–Crippen MR) is 88.0 cm³/mol. The van der Waals surface area contributed by atoms with Gasteiger partial charge >= 0.3 is 0 Å². The zero-order valence-electron chi connectivity index (χ0n) is 13.6. The summed E-state index contributed by atoms with van der Waals surface area (Å²) in [5.74, 6) is 2.42. The van der Waals surface area contributed by atoms with E-state index in [0.717, 1.165) is 25.2 Å². The van der Waals surface area contributed by atoms with Crippen LogP contribution < -0.4 is 0 Å². The van der Waals surface area contributed by atoms with Crippen molar-refractivity contribution in [3.05, 3.63) is 12.2 Å². The summed E-state index contributed by atoms with van der Waals surface area (Å²) in [6, 6.07) is 0.310. The normalized spacial score (nSPS) is 22.2. The summed E-state index contributed by atoms with van der Waals surface area (Å²) in [4.78, 5) is 27.7. The third-order valence-corrected chi connectivity index (χ3v) is 5.39. The number of amides is 2. The maximum atomic E-state index is 12.5. The number of thioether (sulfide) groups is 1. The van der Waals surface area contributed by atoms with Crippen LogP contribution in [0.3, 0.4) is 0 Å². The SMILES string of the molecule is CC(C)n1cnnc1C1CCCN(C(=O)CN2CSCC2=O)C1. The molecule has 0 aliphatic carbocycles. The second-order valence-electron chi connectivity index (χ2n) is 6.44. The van der Waals surface area contributed by atoms with Gasteiger partial charge in [0.1, 0.15) is 18.7 Å². The number of likely N-dealkylation sites (tertiary alicyclic amines) is 1. The van der Waals surface area contributed by atoms with Gasteiger partial charge in [-0.15, -0.1) is 22.0 Å². The highest BCUT2D eigenvalue weighted by molar-refractivity contribution is 8.00. The van der Waals surface area contributed by atoms with Crippen molar-refractivity contribution < 1.29 is 9.59 Å². The van der Waals surface area contributed by atoms with Gasteiger partial charge in [0, 0.05) is 25.0 Å². The van der Waals surface area contributed by atoms with Crippen molar-refractivity contribution in [2.24, 2.45) is 0 Å². The van der Waals surface area contributed by atoms with Crippen molar-refractivity contribution in [3.8, 4) is 0 Å². The van der Waals surface area contributed by atoms with Crippen LogP contribution in [0.1, 0.15) is 44.5 Å². The van der Waals surface area contributed by atoms with E-state index in [2.05, 4.69) is 28.6 Å². The highest BCUT2D eigenvalue weighted by Crippen LogP contribution is 2.27. The maximum Gasteiger partial charge on any atom is 0.242 e. The number of piperidine rings is 1. The monoisotopic (exact) mass is 337 g/mol. The molecule has 3 heterocycles. The van der Waals surface area contributed by atoms with E-state index in [4.69, 9.17) is 0 Å². The molecule has 0 bridgehead atoms. The fourth-order valence-electron chi connectivity index (χ4n) is 3.16. The summed E-state index contributed by atoms with van der Waals surface area (Å²) >= 11 is 1.57. The molecule has 0 N–H and O–H groups in total. The van der Waals surface area contributed by atoms with Gasteiger partial charge in [0.25, 0.3) is 0 Å². The molecule has 2 amide bonds. The lowest BCUT2D eigenvalue weighted by Crippen LogP contribution is -2.45. The fraction of sp³-hybridized carbons (Fsp3) is 0.733. The Kier molecular flexibility index (Phi) is 4.89. The Morgan fingerprint density at radius 3 is 3.00 bits per heavy atom. The zero-order valence-corrected chi connectivity index (χ0v) is 14.5. The predicted octanol–water partition coefficient (Wildman–Crippen LogP) is 1.10. The quantitative estimate of drug-likeness (QED) is 0.823. The molecule has 1 atom stereocenters. The van der Waals surface area contributed by atoms with Crippen LogP contribution in [0.2, 0.25) is 0 Å². The average Bonchev–Trinajstić information content (AvgIpc) is 3.17. The molecule has 0 aromatic carbocycles. The van der Waals surface area contributed by atoms with E-state index >= 15 is 0 Å². The van der Waals surface area contributed by atoms with Gasteiger partial charge in [-0.05, 0) is 26.7 Å². The number of aromatic nitrogens is 3. The molecule has 7 nitrogen and oxygen atoms in total. The van der Waals surface area contributed by atoms with Crippen molar-refractivity contribution in [1.29, 1.82) is 0 Å². The van der Waals surface area contributed by atoms with Crippen LogP contribution in [0.4, 0.5) is 0 Å². The molecule has 2 fully saturated rings. The van der Waals surface area contributed by atoms with Crippen molar-refractivity contribution in [2.45, 2.75) is 38.6 Å². The molecule has 3 rings (SSSR count). The van der Waals surface area contributed by atoms with E-state index in [1.165, 1.54) is 0 Å². The van der Waals surface area contributed by atoms with E-state index in [0.29, 0.717) is 24.2 Å². The van der Waals surface area contributed by atoms with E-state index in [1.54, 1.807) is 23.0 Å². The maximum absolute atomic E-state index is 12.5. The molecule has 8 heteroatoms. The Hall–Kier alpha value is -1.57. The van der Waals surface area contributed by atoms with Crippen LogP contribution in [-0.4, -0.2) is 67.6 Å². The third kappa shape index (κ3) is 3.52. The number of carbonyl (C=O) groups is 2. The standard InChI is InChI=1S/C15H23N5O2S/c1-11(2)20-9-16-17-15(20)12-4-3-5-18(6-12)13(21)7-19-10-23-8-14(19)22/h9,11-12H,3-8,10H2,1-2H3. The molecule has 1 unspecified atom stereocenters. The molecular formula is C15H23N5O2S. The Bertz CT molecular complexity index is 588. The van der Waals surface area contributed by atoms with Gasteiger partial charge in [-0.3, -0.25) is 9.59 Å². The topological polar surface area (TPSA) is 71.3 Å². The first-order valence-corrected chi connectivity index (χ1v) is 9.24. The summed E-state index contributed by atoms with van der Waals surface area (Å²) in [6.07, 6.45) is 3.75. The Morgan fingerprint density at radius 2 is 2.30 bits per heavy atom. The average molecular weight is 337 g/mol. The van der Waals surface area contributed by atoms with E-state index in [-0.39, 0.29) is 24.3 Å². The van der Waals surface area contributed by atoms with Gasteiger partial charge in [-0.25, -0.2) is 0 Å². The van der Waals surface area contributed by atoms with Crippen LogP contribution in [0.25, 0.3) is 0 Å². The highest BCUT2D eigenvalue weighted by atomic mass is 32.2. The highest BCUT2D eigenvalue weighted by Gasteiger charge is 2.30. The molecular weight excluding hydrogens is 314 g/mol. The minimum absolute atomic E-state index is 0.0427. The molecule has 0 saturated carbocycles. The van der Waals surface area contributed by atoms with Crippen LogP contribution in [0, 0.1) is 0 Å². The van der Waals surface area contributed by atoms with Crippen molar-refractivity contribution in [2.75, 3.05) is 31.3 Å². The fourth-order valence-corrected chi connectivity index (χ4v) is 4.06. The Balaban J connectivity index is 1.64. The first-order chi connectivity index (χ1) is 11.1. The molecule has 0 spiro atoms. The lowest BCUT2D eigenvalue weighted by molar-refractivity contribution is -0.138. The van der Waals surface area contributed by atoms with E-state index in [9.17, 15) is 9.59 Å². The molecule has 1 aromatic rings. The molecule has 0 radical (unpaired) electrons. The van der Waals surface area contributed by atoms with Crippen LogP contribution >= 0.6 is 11.8 Å². The Labute approximate surface area is 140 Å². The van der Waals surface area contributed by atoms with Crippen molar-refractivity contribution >= 4 is 23.6 Å². The molecule has 2 aliphatic rings. The zero-order chi connectivity index (χ0) is 16.4. The second-order valence-corrected chi connectivity index (χ2v) is 7.39. The first-order valence-electron chi connectivity index (χ1n) is 8.09. The van der Waals surface area contributed by atoms with Crippen molar-refractivity contribution in [3.63, 3.8) is 0 Å². The smallest absolute Gasteiger partial charge is 0.242 e. The van der Waals surface area contributed by atoms with E-state index in [1.807, 2.05) is 4.90 Å². The molecule has 126 valence electrons. The number of carbonyl (C=O) groups excluding carboxylic acids is 2. The first kappa shape index (κ1) is 16.3. The lowest BCUT2D eigenvalue weighted by Gasteiger charge is -2.33. The van der Waals surface area contributed by atoms with Gasteiger partial charge in [0.15, 0.2) is 0 Å². The van der Waals surface area contributed by atoms with E-state index < -0.39 is 0 Å². The molecule has 23 heavy (non-hydrogen) atoms. The summed E-state index contributed by atoms with van der Waals surface area (Å²) in [5, 5.41) is 8.31. The second kappa shape index (κ2) is 6.90. The van der Waals surface area contributed by atoms with Crippen molar-refractivity contribution in [1.82, 2.24) is 24.6 Å². The lowest BCUT2D eigenvalue weighted by atomic mass is 9.96. The summed E-state index contributed by atoms with van der Waals surface area (Å²) < 4.78 is 2.08.